The molecule has 0 aliphatic rings. The molecule has 18 heavy (non-hydrogen) atoms. The summed E-state index contributed by atoms with van der Waals surface area (Å²) in [4.78, 5) is 12.8. The maximum atomic E-state index is 13.5. The molecule has 0 aliphatic heterocycles. The van der Waals surface area contributed by atoms with Gasteiger partial charge in [-0.25, -0.2) is 4.39 Å². The predicted molar refractivity (Wildman–Crippen MR) is 71.0 cm³/mol. The van der Waals surface area contributed by atoms with Crippen LogP contribution >= 0.6 is 0 Å². The number of carbonyl (C=O) groups is 1. The molecule has 3 heteroatoms. The fourth-order valence-corrected chi connectivity index (χ4v) is 1.91. The molecular weight excluding hydrogens is 229 g/mol. The molecule has 2 aromatic rings. The minimum absolute atomic E-state index is 0.0847. The first-order valence-corrected chi connectivity index (χ1v) is 5.67. The normalized spacial score (nSPS) is 10.2. The van der Waals surface area contributed by atoms with Gasteiger partial charge in [-0.15, -0.1) is 0 Å². The van der Waals surface area contributed by atoms with Crippen LogP contribution in [0.4, 0.5) is 15.8 Å². The van der Waals surface area contributed by atoms with Crippen molar-refractivity contribution in [3.05, 3.63) is 59.4 Å². The van der Waals surface area contributed by atoms with Gasteiger partial charge in [0.2, 0.25) is 0 Å². The molecule has 2 rings (SSSR count). The van der Waals surface area contributed by atoms with Gasteiger partial charge in [0.1, 0.15) is 5.82 Å². The lowest BCUT2D eigenvalue weighted by Crippen LogP contribution is -2.12. The standard InChI is InChI=1S/C15H14FNO/c1-11-5-3-6-12(9-11)17(2)15-8-4-7-14(16)13(15)10-18/h3-10H,1-2H3. The first kappa shape index (κ1) is 12.3. The number of halogens is 1. The van der Waals surface area contributed by atoms with E-state index in [1.165, 1.54) is 6.07 Å². The maximum absolute atomic E-state index is 13.5. The molecule has 0 heterocycles. The van der Waals surface area contributed by atoms with Gasteiger partial charge in [0.05, 0.1) is 11.3 Å². The molecule has 0 radical (unpaired) electrons. The molecule has 0 saturated carbocycles. The molecule has 0 amide bonds. The highest BCUT2D eigenvalue weighted by Crippen LogP contribution is 2.27. The number of rotatable bonds is 3. The highest BCUT2D eigenvalue weighted by molar-refractivity contribution is 5.87. The van der Waals surface area contributed by atoms with Gasteiger partial charge >= 0.3 is 0 Å². The van der Waals surface area contributed by atoms with Crippen LogP contribution < -0.4 is 4.90 Å². The quantitative estimate of drug-likeness (QED) is 0.766. The first-order valence-electron chi connectivity index (χ1n) is 5.67. The van der Waals surface area contributed by atoms with Gasteiger partial charge in [-0.3, -0.25) is 4.79 Å². The van der Waals surface area contributed by atoms with Crippen LogP contribution in [-0.2, 0) is 0 Å². The fraction of sp³-hybridized carbons (Fsp3) is 0.133. The molecule has 0 fully saturated rings. The molecule has 92 valence electrons. The minimum atomic E-state index is -0.498. The van der Waals surface area contributed by atoms with E-state index in [2.05, 4.69) is 0 Å². The first-order chi connectivity index (χ1) is 8.63. The van der Waals surface area contributed by atoms with E-state index in [1.54, 1.807) is 17.0 Å². The summed E-state index contributed by atoms with van der Waals surface area (Å²) in [7, 11) is 1.82. The van der Waals surface area contributed by atoms with Gasteiger partial charge in [-0.05, 0) is 36.8 Å². The summed E-state index contributed by atoms with van der Waals surface area (Å²) in [5.74, 6) is -0.498. The second kappa shape index (κ2) is 5.00. The van der Waals surface area contributed by atoms with Crippen LogP contribution in [0, 0.1) is 12.7 Å². The fourth-order valence-electron chi connectivity index (χ4n) is 1.91. The average molecular weight is 243 g/mol. The third-order valence-electron chi connectivity index (χ3n) is 2.90. The summed E-state index contributed by atoms with van der Waals surface area (Å²) in [5.41, 5.74) is 2.68. The van der Waals surface area contributed by atoms with E-state index >= 15 is 0 Å². The Labute approximate surface area is 106 Å². The van der Waals surface area contributed by atoms with Gasteiger partial charge in [0.15, 0.2) is 6.29 Å². The van der Waals surface area contributed by atoms with E-state index in [0.717, 1.165) is 11.3 Å². The van der Waals surface area contributed by atoms with E-state index in [-0.39, 0.29) is 5.56 Å². The van der Waals surface area contributed by atoms with Crippen LogP contribution in [0.2, 0.25) is 0 Å². The average Bonchev–Trinajstić information content (AvgIpc) is 2.37. The highest BCUT2D eigenvalue weighted by atomic mass is 19.1. The summed E-state index contributed by atoms with van der Waals surface area (Å²) >= 11 is 0. The van der Waals surface area contributed by atoms with Crippen LogP contribution in [0.15, 0.2) is 42.5 Å². The number of aldehydes is 1. The van der Waals surface area contributed by atoms with Crippen molar-refractivity contribution >= 4 is 17.7 Å². The number of benzene rings is 2. The second-order valence-corrected chi connectivity index (χ2v) is 4.19. The van der Waals surface area contributed by atoms with E-state index in [9.17, 15) is 9.18 Å². The van der Waals surface area contributed by atoms with E-state index in [0.29, 0.717) is 12.0 Å². The predicted octanol–water partition coefficient (Wildman–Crippen LogP) is 3.71. The van der Waals surface area contributed by atoms with Crippen molar-refractivity contribution in [2.45, 2.75) is 6.92 Å². The van der Waals surface area contributed by atoms with Gasteiger partial charge < -0.3 is 4.90 Å². The van der Waals surface area contributed by atoms with Crippen molar-refractivity contribution < 1.29 is 9.18 Å². The minimum Gasteiger partial charge on any atom is -0.344 e. The van der Waals surface area contributed by atoms with Gasteiger partial charge in [-0.2, -0.15) is 0 Å². The smallest absolute Gasteiger partial charge is 0.155 e. The molecule has 0 aliphatic carbocycles. The molecular formula is C15H14FNO. The summed E-state index contributed by atoms with van der Waals surface area (Å²) in [5, 5.41) is 0. The highest BCUT2D eigenvalue weighted by Gasteiger charge is 2.12. The zero-order chi connectivity index (χ0) is 13.1. The number of carbonyl (C=O) groups excluding carboxylic acids is 1. The van der Waals surface area contributed by atoms with Crippen molar-refractivity contribution in [3.8, 4) is 0 Å². The molecule has 0 atom stereocenters. The zero-order valence-electron chi connectivity index (χ0n) is 10.4. The van der Waals surface area contributed by atoms with Crippen molar-refractivity contribution in [2.75, 3.05) is 11.9 Å². The summed E-state index contributed by atoms with van der Waals surface area (Å²) in [6.45, 7) is 1.99. The van der Waals surface area contributed by atoms with Crippen molar-refractivity contribution in [3.63, 3.8) is 0 Å². The Morgan fingerprint density at radius 2 is 1.89 bits per heavy atom. The van der Waals surface area contributed by atoms with Gasteiger partial charge in [-0.1, -0.05) is 18.2 Å². The Hall–Kier alpha value is -2.16. The molecule has 2 nitrogen and oxygen atoms in total. The number of hydrogen-bond donors (Lipinski definition) is 0. The zero-order valence-corrected chi connectivity index (χ0v) is 10.4. The Balaban J connectivity index is 2.49. The number of hydrogen-bond acceptors (Lipinski definition) is 2. The largest absolute Gasteiger partial charge is 0.344 e. The van der Waals surface area contributed by atoms with Gasteiger partial charge in [0, 0.05) is 12.7 Å². The van der Waals surface area contributed by atoms with Crippen molar-refractivity contribution in [2.24, 2.45) is 0 Å². The SMILES string of the molecule is Cc1cccc(N(C)c2cccc(F)c2C=O)c1. The molecule has 0 N–H and O–H groups in total. The second-order valence-electron chi connectivity index (χ2n) is 4.19. The lowest BCUT2D eigenvalue weighted by Gasteiger charge is -2.21. The van der Waals surface area contributed by atoms with Crippen molar-refractivity contribution in [1.29, 1.82) is 0 Å². The molecule has 0 spiro atoms. The Morgan fingerprint density at radius 1 is 1.17 bits per heavy atom. The van der Waals surface area contributed by atoms with Gasteiger partial charge in [0.25, 0.3) is 0 Å². The van der Waals surface area contributed by atoms with Crippen LogP contribution in [0.3, 0.4) is 0 Å². The van der Waals surface area contributed by atoms with E-state index in [1.807, 2.05) is 38.2 Å². The molecule has 0 saturated heterocycles. The Bertz CT molecular complexity index is 580. The Kier molecular flexibility index (Phi) is 3.42. The number of anilines is 2. The van der Waals surface area contributed by atoms with Crippen molar-refractivity contribution in [1.82, 2.24) is 0 Å². The topological polar surface area (TPSA) is 20.3 Å². The molecule has 0 unspecified atom stereocenters. The van der Waals surface area contributed by atoms with Crippen LogP contribution in [-0.4, -0.2) is 13.3 Å². The van der Waals surface area contributed by atoms with E-state index in [4.69, 9.17) is 0 Å². The summed E-state index contributed by atoms with van der Waals surface area (Å²) < 4.78 is 13.5. The Morgan fingerprint density at radius 3 is 2.56 bits per heavy atom. The molecule has 0 aromatic heterocycles. The summed E-state index contributed by atoms with van der Waals surface area (Å²) in [6.07, 6.45) is 0.553. The summed E-state index contributed by atoms with van der Waals surface area (Å²) in [6, 6.07) is 12.5. The number of aryl methyl sites for hydroxylation is 1. The van der Waals surface area contributed by atoms with Crippen LogP contribution in [0.1, 0.15) is 15.9 Å². The molecule has 0 bridgehead atoms. The third kappa shape index (κ3) is 2.25. The monoisotopic (exact) mass is 243 g/mol. The maximum Gasteiger partial charge on any atom is 0.155 e. The molecule has 2 aromatic carbocycles. The van der Waals surface area contributed by atoms with Crippen LogP contribution in [0.25, 0.3) is 0 Å². The lowest BCUT2D eigenvalue weighted by molar-refractivity contribution is 0.112. The lowest BCUT2D eigenvalue weighted by atomic mass is 10.1. The third-order valence-corrected chi connectivity index (χ3v) is 2.90. The number of nitrogens with zero attached hydrogens (tertiary/aromatic N) is 1. The van der Waals surface area contributed by atoms with Crippen LogP contribution in [0.5, 0.6) is 0 Å². The van der Waals surface area contributed by atoms with E-state index < -0.39 is 5.82 Å².